The molecule has 1 aliphatic rings. The molecule has 3 atom stereocenters. The van der Waals surface area contributed by atoms with Crippen LogP contribution in [0, 0.1) is 5.92 Å². The third-order valence-corrected chi connectivity index (χ3v) is 4.51. The molecule has 3 nitrogen and oxygen atoms in total. The van der Waals surface area contributed by atoms with Gasteiger partial charge in [0.25, 0.3) is 0 Å². The van der Waals surface area contributed by atoms with Crippen molar-refractivity contribution in [2.75, 3.05) is 13.2 Å². The van der Waals surface area contributed by atoms with E-state index in [2.05, 4.69) is 0 Å². The van der Waals surface area contributed by atoms with E-state index in [0.717, 1.165) is 12.8 Å². The number of hydrogen-bond donors (Lipinski definition) is 0. The summed E-state index contributed by atoms with van der Waals surface area (Å²) < 4.78 is 24.4. The zero-order valence-corrected chi connectivity index (χ0v) is 12.3. The topological polar surface area (TPSA) is 35.5 Å². The van der Waals surface area contributed by atoms with Crippen molar-refractivity contribution in [3.05, 3.63) is 0 Å². The van der Waals surface area contributed by atoms with Gasteiger partial charge >= 0.3 is 5.97 Å². The Morgan fingerprint density at radius 2 is 2.06 bits per heavy atom. The molecule has 0 aromatic carbocycles. The molecule has 0 amide bonds. The molecule has 0 heterocycles. The highest BCUT2D eigenvalue weighted by Crippen LogP contribution is 2.39. The molecule has 1 fully saturated rings. The predicted molar refractivity (Wildman–Crippen MR) is 74.5 cm³/mol. The van der Waals surface area contributed by atoms with E-state index in [1.54, 1.807) is 6.92 Å². The maximum atomic E-state index is 14.0. The molecule has 1 rings (SSSR count). The van der Waals surface area contributed by atoms with Crippen molar-refractivity contribution in [1.82, 2.24) is 0 Å². The summed E-state index contributed by atoms with van der Waals surface area (Å²) in [6, 6.07) is 0. The Labute approximate surface area is 117 Å². The lowest BCUT2D eigenvalue weighted by Crippen LogP contribution is -2.31. The molecule has 18 heavy (non-hydrogen) atoms. The fourth-order valence-electron chi connectivity index (χ4n) is 2.11. The first-order chi connectivity index (χ1) is 8.60. The van der Waals surface area contributed by atoms with E-state index in [1.165, 1.54) is 11.8 Å². The van der Waals surface area contributed by atoms with Gasteiger partial charge in [-0.3, -0.25) is 0 Å². The normalized spacial score (nSPS) is 24.6. The molecule has 0 spiro atoms. The summed E-state index contributed by atoms with van der Waals surface area (Å²) in [5, 5.41) is 0.0171. The van der Waals surface area contributed by atoms with Crippen molar-refractivity contribution in [2.24, 2.45) is 5.92 Å². The van der Waals surface area contributed by atoms with Gasteiger partial charge in [-0.15, -0.1) is 0 Å². The third kappa shape index (κ3) is 4.39. The molecule has 0 N–H and O–H groups in total. The summed E-state index contributed by atoms with van der Waals surface area (Å²) >= 11 is 6.41. The van der Waals surface area contributed by atoms with E-state index in [-0.39, 0.29) is 17.8 Å². The number of rotatable bonds is 5. The minimum atomic E-state index is -1.55. The van der Waals surface area contributed by atoms with Crippen LogP contribution in [0.25, 0.3) is 0 Å². The van der Waals surface area contributed by atoms with Crippen LogP contribution in [0.1, 0.15) is 33.1 Å². The first-order valence-electron chi connectivity index (χ1n) is 6.24. The molecule has 0 bridgehead atoms. The first kappa shape index (κ1) is 15.7. The van der Waals surface area contributed by atoms with Gasteiger partial charge in [0.05, 0.1) is 13.2 Å². The summed E-state index contributed by atoms with van der Waals surface area (Å²) in [4.78, 5) is 11.4. The highest BCUT2D eigenvalue weighted by molar-refractivity contribution is 8.23. The number of thioether (sulfide) groups is 1. The van der Waals surface area contributed by atoms with Gasteiger partial charge in [-0.1, -0.05) is 18.2 Å². The van der Waals surface area contributed by atoms with Crippen LogP contribution >= 0.6 is 24.0 Å². The fraction of sp³-hybridized carbons (Fsp3) is 0.833. The van der Waals surface area contributed by atoms with Crippen LogP contribution in [0.5, 0.6) is 0 Å². The second-order valence-electron chi connectivity index (χ2n) is 4.09. The van der Waals surface area contributed by atoms with Gasteiger partial charge in [-0.25, -0.2) is 9.18 Å². The molecule has 0 aliphatic heterocycles. The van der Waals surface area contributed by atoms with E-state index in [9.17, 15) is 9.18 Å². The van der Waals surface area contributed by atoms with Crippen molar-refractivity contribution in [1.29, 1.82) is 0 Å². The number of thiocarbonyl (C=S) groups is 1. The maximum Gasteiger partial charge on any atom is 0.341 e. The van der Waals surface area contributed by atoms with E-state index in [4.69, 9.17) is 21.7 Å². The minimum absolute atomic E-state index is 0.0171. The van der Waals surface area contributed by atoms with Gasteiger partial charge in [-0.05, 0) is 38.9 Å². The van der Waals surface area contributed by atoms with E-state index < -0.39 is 12.1 Å². The number of carbonyl (C=O) groups excluding carboxylic acids is 1. The molecule has 1 saturated carbocycles. The lowest BCUT2D eigenvalue weighted by molar-refractivity contribution is -0.151. The third-order valence-electron chi connectivity index (χ3n) is 2.90. The second kappa shape index (κ2) is 7.94. The van der Waals surface area contributed by atoms with Gasteiger partial charge in [-0.2, -0.15) is 0 Å². The van der Waals surface area contributed by atoms with Crippen LogP contribution in [0.15, 0.2) is 0 Å². The van der Waals surface area contributed by atoms with Gasteiger partial charge in [0.1, 0.15) is 0 Å². The molecule has 0 saturated heterocycles. The SMILES string of the molecule is CCOC(=O)C(F)[C@@H]1CCC[C@H]1SC(=S)OCC. The standard InChI is InChI=1S/C12H19FO3S2/c1-3-15-11(14)10(13)8-6-5-7-9(8)18-12(17)16-4-2/h8-10H,3-7H2,1-2H3/t8-,9-,10?/m1/s1. The van der Waals surface area contributed by atoms with Gasteiger partial charge in [0.15, 0.2) is 0 Å². The molecule has 0 aromatic heterocycles. The van der Waals surface area contributed by atoms with E-state index in [0.29, 0.717) is 17.4 Å². The lowest BCUT2D eigenvalue weighted by Gasteiger charge is -2.21. The number of carbonyl (C=O) groups is 1. The zero-order chi connectivity index (χ0) is 13.5. The maximum absolute atomic E-state index is 14.0. The van der Waals surface area contributed by atoms with Gasteiger partial charge in [0.2, 0.25) is 10.6 Å². The second-order valence-corrected chi connectivity index (χ2v) is 5.93. The first-order valence-corrected chi connectivity index (χ1v) is 7.53. The smallest absolute Gasteiger partial charge is 0.341 e. The molecular weight excluding hydrogens is 275 g/mol. The number of ether oxygens (including phenoxy) is 2. The average molecular weight is 294 g/mol. The highest BCUT2D eigenvalue weighted by Gasteiger charge is 2.39. The van der Waals surface area contributed by atoms with E-state index >= 15 is 0 Å². The molecule has 104 valence electrons. The Morgan fingerprint density at radius 3 is 2.67 bits per heavy atom. The number of alkyl halides is 1. The quantitative estimate of drug-likeness (QED) is 0.575. The highest BCUT2D eigenvalue weighted by atomic mass is 32.2. The van der Waals surface area contributed by atoms with Crippen molar-refractivity contribution in [3.8, 4) is 0 Å². The van der Waals surface area contributed by atoms with Crippen LogP contribution in [-0.2, 0) is 14.3 Å². The minimum Gasteiger partial charge on any atom is -0.479 e. The Bertz CT molecular complexity index is 299. The molecule has 1 aliphatic carbocycles. The fourth-order valence-corrected chi connectivity index (χ4v) is 3.76. The van der Waals surface area contributed by atoms with Crippen molar-refractivity contribution >= 4 is 34.3 Å². The van der Waals surface area contributed by atoms with Crippen molar-refractivity contribution < 1.29 is 18.7 Å². The van der Waals surface area contributed by atoms with Crippen LogP contribution in [-0.4, -0.2) is 35.0 Å². The van der Waals surface area contributed by atoms with Gasteiger partial charge in [0, 0.05) is 11.2 Å². The monoisotopic (exact) mass is 294 g/mol. The Morgan fingerprint density at radius 1 is 1.39 bits per heavy atom. The summed E-state index contributed by atoms with van der Waals surface area (Å²) in [6.45, 7) is 4.26. The molecule has 0 aromatic rings. The van der Waals surface area contributed by atoms with Gasteiger partial charge < -0.3 is 9.47 Å². The summed E-state index contributed by atoms with van der Waals surface area (Å²) in [7, 11) is 0. The van der Waals surface area contributed by atoms with Crippen molar-refractivity contribution in [2.45, 2.75) is 44.5 Å². The predicted octanol–water partition coefficient (Wildman–Crippen LogP) is 3.11. The molecule has 0 radical (unpaired) electrons. The zero-order valence-electron chi connectivity index (χ0n) is 10.7. The van der Waals surface area contributed by atoms with Crippen molar-refractivity contribution in [3.63, 3.8) is 0 Å². The van der Waals surface area contributed by atoms with Crippen LogP contribution < -0.4 is 0 Å². The van der Waals surface area contributed by atoms with E-state index in [1.807, 2.05) is 6.92 Å². The lowest BCUT2D eigenvalue weighted by atomic mass is 10.0. The summed E-state index contributed by atoms with van der Waals surface area (Å²) in [5.74, 6) is -1.07. The number of esters is 1. The molecule has 6 heteroatoms. The summed E-state index contributed by atoms with van der Waals surface area (Å²) in [5.41, 5.74) is 0. The number of hydrogen-bond acceptors (Lipinski definition) is 5. The van der Waals surface area contributed by atoms with Crippen LogP contribution in [0.2, 0.25) is 0 Å². The summed E-state index contributed by atoms with van der Waals surface area (Å²) in [6.07, 6.45) is 0.931. The Kier molecular flexibility index (Phi) is 6.92. The Hall–Kier alpha value is -0.360. The Balaban J connectivity index is 2.53. The molecular formula is C12H19FO3S2. The largest absolute Gasteiger partial charge is 0.479 e. The van der Waals surface area contributed by atoms with Crippen LogP contribution in [0.3, 0.4) is 0 Å². The molecule has 1 unspecified atom stereocenters. The van der Waals surface area contributed by atoms with Crippen LogP contribution in [0.4, 0.5) is 4.39 Å². The average Bonchev–Trinajstić information content (AvgIpc) is 2.76. The number of halogens is 1.